The van der Waals surface area contributed by atoms with Crippen LogP contribution in [-0.2, 0) is 14.8 Å². The monoisotopic (exact) mass is 370 g/mol. The number of hydrogen-bond donors (Lipinski definition) is 1. The predicted molar refractivity (Wildman–Crippen MR) is 93.3 cm³/mol. The van der Waals surface area contributed by atoms with Gasteiger partial charge in [0.25, 0.3) is 0 Å². The zero-order valence-electron chi connectivity index (χ0n) is 12.9. The summed E-state index contributed by atoms with van der Waals surface area (Å²) in [7, 11) is -3.59. The maximum Gasteiger partial charge on any atom is 0.232 e. The molecule has 2 aromatic rings. The van der Waals surface area contributed by atoms with Crippen LogP contribution in [0.25, 0.3) is 0 Å². The highest BCUT2D eigenvalue weighted by Crippen LogP contribution is 2.19. The second-order valence-corrected chi connectivity index (χ2v) is 7.46. The lowest BCUT2D eigenvalue weighted by Gasteiger charge is -2.22. The Bertz CT molecular complexity index is 808. The molecule has 24 heavy (non-hydrogen) atoms. The molecular weight excluding hydrogens is 355 g/mol. The zero-order chi connectivity index (χ0) is 17.7. The van der Waals surface area contributed by atoms with Crippen molar-refractivity contribution >= 4 is 38.9 Å². The lowest BCUT2D eigenvalue weighted by atomic mass is 10.3. The van der Waals surface area contributed by atoms with Gasteiger partial charge in [-0.25, -0.2) is 12.8 Å². The van der Waals surface area contributed by atoms with Gasteiger partial charge in [0.15, 0.2) is 0 Å². The van der Waals surface area contributed by atoms with Crippen LogP contribution in [0.3, 0.4) is 0 Å². The van der Waals surface area contributed by atoms with E-state index in [1.165, 1.54) is 24.3 Å². The molecule has 0 saturated heterocycles. The summed E-state index contributed by atoms with van der Waals surface area (Å²) in [5.41, 5.74) is 0.871. The Kier molecular flexibility index (Phi) is 5.80. The molecule has 0 aliphatic carbocycles. The van der Waals surface area contributed by atoms with Crippen molar-refractivity contribution in [3.05, 3.63) is 59.4 Å². The average molecular weight is 371 g/mol. The highest BCUT2D eigenvalue weighted by atomic mass is 35.5. The van der Waals surface area contributed by atoms with Crippen LogP contribution in [0.4, 0.5) is 15.8 Å². The quantitative estimate of drug-likeness (QED) is 0.848. The van der Waals surface area contributed by atoms with E-state index in [9.17, 15) is 17.6 Å². The number of halogens is 2. The number of carbonyl (C=O) groups excluding carboxylic acids is 1. The van der Waals surface area contributed by atoms with E-state index >= 15 is 0 Å². The fraction of sp³-hybridized carbons (Fsp3) is 0.188. The topological polar surface area (TPSA) is 66.5 Å². The summed E-state index contributed by atoms with van der Waals surface area (Å²) in [5.74, 6) is -0.805. The molecule has 2 rings (SSSR count). The number of carbonyl (C=O) groups is 1. The van der Waals surface area contributed by atoms with Gasteiger partial charge in [0, 0.05) is 23.7 Å². The first-order valence-corrected chi connectivity index (χ1v) is 9.27. The number of nitrogens with one attached hydrogen (secondary N) is 1. The summed E-state index contributed by atoms with van der Waals surface area (Å²) in [5, 5.41) is 3.21. The molecule has 0 aliphatic rings. The highest BCUT2D eigenvalue weighted by molar-refractivity contribution is 7.92. The molecule has 8 heteroatoms. The van der Waals surface area contributed by atoms with Crippen LogP contribution >= 0.6 is 11.6 Å². The van der Waals surface area contributed by atoms with Gasteiger partial charge in [0.1, 0.15) is 5.82 Å². The van der Waals surface area contributed by atoms with Crippen molar-refractivity contribution in [2.24, 2.45) is 0 Å². The van der Waals surface area contributed by atoms with E-state index < -0.39 is 15.8 Å². The lowest BCUT2D eigenvalue weighted by molar-refractivity contribution is -0.116. The van der Waals surface area contributed by atoms with Crippen LogP contribution in [0.1, 0.15) is 6.42 Å². The summed E-state index contributed by atoms with van der Waals surface area (Å²) >= 11 is 5.77. The van der Waals surface area contributed by atoms with Gasteiger partial charge in [-0.05, 0) is 48.5 Å². The Morgan fingerprint density at radius 2 is 1.71 bits per heavy atom. The van der Waals surface area contributed by atoms with Crippen LogP contribution in [0, 0.1) is 5.82 Å². The molecule has 128 valence electrons. The second kappa shape index (κ2) is 7.63. The normalized spacial score (nSPS) is 11.1. The zero-order valence-corrected chi connectivity index (χ0v) is 14.4. The summed E-state index contributed by atoms with van der Waals surface area (Å²) in [4.78, 5) is 12.0. The van der Waals surface area contributed by atoms with Gasteiger partial charge in [0.05, 0.1) is 11.9 Å². The van der Waals surface area contributed by atoms with Crippen molar-refractivity contribution in [1.29, 1.82) is 0 Å². The smallest absolute Gasteiger partial charge is 0.232 e. The van der Waals surface area contributed by atoms with Crippen molar-refractivity contribution in [2.75, 3.05) is 22.4 Å². The molecule has 2 aromatic carbocycles. The Labute approximate surface area is 145 Å². The Balaban J connectivity index is 2.04. The molecule has 1 N–H and O–H groups in total. The molecule has 0 atom stereocenters. The van der Waals surface area contributed by atoms with Crippen molar-refractivity contribution < 1.29 is 17.6 Å². The molecule has 0 aliphatic heterocycles. The molecule has 0 heterocycles. The maximum absolute atomic E-state index is 13.0. The number of nitrogens with zero attached hydrogens (tertiary/aromatic N) is 1. The van der Waals surface area contributed by atoms with E-state index in [1.54, 1.807) is 24.3 Å². The van der Waals surface area contributed by atoms with Gasteiger partial charge in [0.2, 0.25) is 15.9 Å². The molecule has 1 amide bonds. The number of rotatable bonds is 6. The van der Waals surface area contributed by atoms with Gasteiger partial charge in [-0.3, -0.25) is 9.10 Å². The van der Waals surface area contributed by atoms with E-state index in [2.05, 4.69) is 5.32 Å². The Morgan fingerprint density at radius 3 is 2.25 bits per heavy atom. The van der Waals surface area contributed by atoms with Gasteiger partial charge in [-0.15, -0.1) is 0 Å². The van der Waals surface area contributed by atoms with Crippen LogP contribution in [-0.4, -0.2) is 27.1 Å². The average Bonchev–Trinajstić information content (AvgIpc) is 2.50. The molecule has 0 saturated carbocycles. The van der Waals surface area contributed by atoms with Crippen LogP contribution < -0.4 is 9.62 Å². The Hall–Kier alpha value is -2.12. The van der Waals surface area contributed by atoms with Crippen LogP contribution in [0.15, 0.2) is 48.5 Å². The predicted octanol–water partition coefficient (Wildman–Crippen LogP) is 3.27. The fourth-order valence-electron chi connectivity index (χ4n) is 2.05. The summed E-state index contributed by atoms with van der Waals surface area (Å²) in [6, 6.07) is 11.6. The second-order valence-electron chi connectivity index (χ2n) is 5.12. The minimum atomic E-state index is -3.59. The van der Waals surface area contributed by atoms with Gasteiger partial charge in [-0.2, -0.15) is 0 Å². The fourth-order valence-corrected chi connectivity index (χ4v) is 3.11. The minimum absolute atomic E-state index is 0.0485. The summed E-state index contributed by atoms with van der Waals surface area (Å²) < 4.78 is 37.9. The van der Waals surface area contributed by atoms with Crippen LogP contribution in [0.5, 0.6) is 0 Å². The molecule has 0 bridgehead atoms. The first-order valence-electron chi connectivity index (χ1n) is 7.04. The highest BCUT2D eigenvalue weighted by Gasteiger charge is 2.18. The van der Waals surface area contributed by atoms with E-state index in [0.717, 1.165) is 10.6 Å². The molecule has 0 radical (unpaired) electrons. The number of sulfonamides is 1. The van der Waals surface area contributed by atoms with Crippen molar-refractivity contribution in [3.63, 3.8) is 0 Å². The third-order valence-corrected chi connectivity index (χ3v) is 4.63. The van der Waals surface area contributed by atoms with Crippen molar-refractivity contribution in [2.45, 2.75) is 6.42 Å². The van der Waals surface area contributed by atoms with Crippen molar-refractivity contribution in [3.8, 4) is 0 Å². The number of amides is 1. The SMILES string of the molecule is CS(=O)(=O)N(CCC(=O)Nc1ccc(Cl)cc1)c1ccc(F)cc1. The third-order valence-electron chi connectivity index (χ3n) is 3.18. The number of benzene rings is 2. The van der Waals surface area contributed by atoms with E-state index in [1.807, 2.05) is 0 Å². The molecule has 0 spiro atoms. The molecule has 0 unspecified atom stereocenters. The standard InChI is InChI=1S/C16H16ClFN2O3S/c1-24(22,23)20(15-8-4-13(18)5-9-15)11-10-16(21)19-14-6-2-12(17)3-7-14/h2-9H,10-11H2,1H3,(H,19,21). The number of anilines is 2. The first kappa shape index (κ1) is 18.2. The van der Waals surface area contributed by atoms with Crippen LogP contribution in [0.2, 0.25) is 5.02 Å². The molecule has 0 fully saturated rings. The largest absolute Gasteiger partial charge is 0.326 e. The molecular formula is C16H16ClFN2O3S. The third kappa shape index (κ3) is 5.21. The molecule has 5 nitrogen and oxygen atoms in total. The summed E-state index contributed by atoms with van der Waals surface area (Å²) in [6.45, 7) is -0.0517. The van der Waals surface area contributed by atoms with Gasteiger partial charge >= 0.3 is 0 Å². The summed E-state index contributed by atoms with van der Waals surface area (Å²) in [6.07, 6.45) is 0.987. The molecule has 0 aromatic heterocycles. The van der Waals surface area contributed by atoms with Gasteiger partial charge in [-0.1, -0.05) is 11.6 Å². The van der Waals surface area contributed by atoms with Gasteiger partial charge < -0.3 is 5.32 Å². The lowest BCUT2D eigenvalue weighted by Crippen LogP contribution is -2.33. The Morgan fingerprint density at radius 1 is 1.12 bits per heavy atom. The van der Waals surface area contributed by atoms with E-state index in [4.69, 9.17) is 11.6 Å². The van der Waals surface area contributed by atoms with E-state index in [-0.39, 0.29) is 18.9 Å². The van der Waals surface area contributed by atoms with Crippen molar-refractivity contribution in [1.82, 2.24) is 0 Å². The maximum atomic E-state index is 13.0. The van der Waals surface area contributed by atoms with E-state index in [0.29, 0.717) is 16.4 Å². The minimum Gasteiger partial charge on any atom is -0.326 e. The first-order chi connectivity index (χ1) is 11.3. The number of hydrogen-bond acceptors (Lipinski definition) is 3.